The number of methoxy groups -OCH3 is 1. The van der Waals surface area contributed by atoms with Gasteiger partial charge in [0.15, 0.2) is 11.2 Å². The summed E-state index contributed by atoms with van der Waals surface area (Å²) in [5, 5.41) is 0. The third-order valence-electron chi connectivity index (χ3n) is 3.31. The number of nitrogens with zero attached hydrogens (tertiary/aromatic N) is 4. The van der Waals surface area contributed by atoms with Crippen molar-refractivity contribution in [1.82, 2.24) is 19.5 Å². The number of fused-ring (bicyclic) bond motifs is 1. The van der Waals surface area contributed by atoms with Gasteiger partial charge in [0.05, 0.1) is 12.8 Å². The lowest BCUT2D eigenvalue weighted by atomic mass is 10.1. The number of aryl methyl sites for hydroxylation is 2. The van der Waals surface area contributed by atoms with Crippen LogP contribution in [-0.2, 0) is 0 Å². The summed E-state index contributed by atoms with van der Waals surface area (Å²) in [6.07, 6.45) is 1.45. The number of nitrogens with two attached hydrogens (primary N) is 1. The molecule has 1 aromatic carbocycles. The standard InChI is InChI=1S/C14H14BrN5O/c1-7-4-9(15)5-8(2)11(7)20-12-10(19-14(20)16)13(21-3)18-6-17-12/h4-6H,1-3H3,(H2,16,19). The van der Waals surface area contributed by atoms with Crippen molar-refractivity contribution in [2.45, 2.75) is 13.8 Å². The van der Waals surface area contributed by atoms with Crippen LogP contribution in [0, 0.1) is 13.8 Å². The van der Waals surface area contributed by atoms with Crippen LogP contribution in [0.3, 0.4) is 0 Å². The predicted octanol–water partition coefficient (Wildman–Crippen LogP) is 2.79. The van der Waals surface area contributed by atoms with E-state index in [1.807, 2.05) is 30.5 Å². The van der Waals surface area contributed by atoms with Crippen molar-refractivity contribution in [3.05, 3.63) is 34.1 Å². The molecule has 3 rings (SSSR count). The van der Waals surface area contributed by atoms with Crippen molar-refractivity contribution in [2.75, 3.05) is 12.8 Å². The number of nitrogen functional groups attached to an aromatic ring is 1. The van der Waals surface area contributed by atoms with Crippen LogP contribution in [0.4, 0.5) is 5.95 Å². The summed E-state index contributed by atoms with van der Waals surface area (Å²) >= 11 is 3.50. The minimum absolute atomic E-state index is 0.359. The van der Waals surface area contributed by atoms with Gasteiger partial charge in [0, 0.05) is 4.47 Å². The third-order valence-corrected chi connectivity index (χ3v) is 3.77. The Labute approximate surface area is 130 Å². The molecule has 2 aromatic heterocycles. The Hall–Kier alpha value is -2.15. The fraction of sp³-hybridized carbons (Fsp3) is 0.214. The summed E-state index contributed by atoms with van der Waals surface area (Å²) in [7, 11) is 1.55. The predicted molar refractivity (Wildman–Crippen MR) is 84.8 cm³/mol. The molecule has 0 saturated heterocycles. The van der Waals surface area contributed by atoms with Gasteiger partial charge in [-0.25, -0.2) is 9.97 Å². The normalized spacial score (nSPS) is 11.0. The van der Waals surface area contributed by atoms with Crippen molar-refractivity contribution in [2.24, 2.45) is 0 Å². The summed E-state index contributed by atoms with van der Waals surface area (Å²) in [4.78, 5) is 12.7. The molecule has 7 heteroatoms. The molecule has 0 fully saturated rings. The number of halogens is 1. The van der Waals surface area contributed by atoms with Gasteiger partial charge in [-0.2, -0.15) is 4.98 Å². The molecule has 2 heterocycles. The van der Waals surface area contributed by atoms with Crippen LogP contribution in [-0.4, -0.2) is 26.6 Å². The third kappa shape index (κ3) is 2.13. The molecule has 0 aliphatic rings. The van der Waals surface area contributed by atoms with Crippen LogP contribution in [0.5, 0.6) is 5.88 Å². The highest BCUT2D eigenvalue weighted by Crippen LogP contribution is 2.31. The monoisotopic (exact) mass is 347 g/mol. The quantitative estimate of drug-likeness (QED) is 0.770. The van der Waals surface area contributed by atoms with Gasteiger partial charge in [0.2, 0.25) is 11.8 Å². The largest absolute Gasteiger partial charge is 0.479 e. The fourth-order valence-corrected chi connectivity index (χ4v) is 3.20. The Morgan fingerprint density at radius 1 is 1.19 bits per heavy atom. The first-order chi connectivity index (χ1) is 10.0. The Kier molecular flexibility index (Phi) is 3.29. The Morgan fingerprint density at radius 2 is 1.86 bits per heavy atom. The van der Waals surface area contributed by atoms with Crippen molar-refractivity contribution >= 4 is 33.0 Å². The fourth-order valence-electron chi connectivity index (χ4n) is 2.51. The van der Waals surface area contributed by atoms with Gasteiger partial charge < -0.3 is 10.5 Å². The van der Waals surface area contributed by atoms with Crippen molar-refractivity contribution < 1.29 is 4.74 Å². The lowest BCUT2D eigenvalue weighted by Gasteiger charge is -2.13. The van der Waals surface area contributed by atoms with Gasteiger partial charge in [0.25, 0.3) is 0 Å². The van der Waals surface area contributed by atoms with E-state index in [1.165, 1.54) is 6.33 Å². The van der Waals surface area contributed by atoms with Crippen LogP contribution >= 0.6 is 15.9 Å². The van der Waals surface area contributed by atoms with Gasteiger partial charge in [0.1, 0.15) is 6.33 Å². The number of benzene rings is 1. The molecule has 21 heavy (non-hydrogen) atoms. The highest BCUT2D eigenvalue weighted by atomic mass is 79.9. The molecule has 0 bridgehead atoms. The van der Waals surface area contributed by atoms with Crippen LogP contribution in [0.2, 0.25) is 0 Å². The van der Waals surface area contributed by atoms with Crippen LogP contribution in [0.1, 0.15) is 11.1 Å². The molecule has 6 nitrogen and oxygen atoms in total. The molecule has 0 aliphatic heterocycles. The number of anilines is 1. The van der Waals surface area contributed by atoms with E-state index in [9.17, 15) is 0 Å². The molecule has 0 atom stereocenters. The molecule has 0 amide bonds. The molecule has 0 unspecified atom stereocenters. The Bertz CT molecular complexity index is 820. The van der Waals surface area contributed by atoms with E-state index >= 15 is 0 Å². The van der Waals surface area contributed by atoms with E-state index in [0.29, 0.717) is 23.0 Å². The van der Waals surface area contributed by atoms with E-state index in [0.717, 1.165) is 21.3 Å². The second-order valence-corrected chi connectivity index (χ2v) is 5.66. The molecule has 0 spiro atoms. The first-order valence-electron chi connectivity index (χ1n) is 6.33. The smallest absolute Gasteiger partial charge is 0.245 e. The van der Waals surface area contributed by atoms with E-state index < -0.39 is 0 Å². The maximum atomic E-state index is 6.10. The van der Waals surface area contributed by atoms with Gasteiger partial charge >= 0.3 is 0 Å². The minimum atomic E-state index is 0.359. The summed E-state index contributed by atoms with van der Waals surface area (Å²) in [6, 6.07) is 4.07. The summed E-state index contributed by atoms with van der Waals surface area (Å²) in [5.74, 6) is 0.773. The molecular formula is C14H14BrN5O. The molecule has 0 saturated carbocycles. The van der Waals surface area contributed by atoms with Crippen molar-refractivity contribution in [3.63, 3.8) is 0 Å². The molecule has 2 N–H and O–H groups in total. The molecule has 108 valence electrons. The zero-order valence-electron chi connectivity index (χ0n) is 11.9. The van der Waals surface area contributed by atoms with E-state index in [2.05, 4.69) is 30.9 Å². The maximum absolute atomic E-state index is 6.10. The van der Waals surface area contributed by atoms with Crippen molar-refractivity contribution in [3.8, 4) is 11.6 Å². The maximum Gasteiger partial charge on any atom is 0.245 e. The average molecular weight is 348 g/mol. The molecule has 3 aromatic rings. The summed E-state index contributed by atoms with van der Waals surface area (Å²) in [5.41, 5.74) is 10.4. The Morgan fingerprint density at radius 3 is 2.48 bits per heavy atom. The lowest BCUT2D eigenvalue weighted by molar-refractivity contribution is 0.401. The average Bonchev–Trinajstić information content (AvgIpc) is 2.74. The SMILES string of the molecule is COc1ncnc2c1nc(N)n2-c1c(C)cc(Br)cc1C. The highest BCUT2D eigenvalue weighted by molar-refractivity contribution is 9.10. The van der Waals surface area contributed by atoms with Gasteiger partial charge in [-0.1, -0.05) is 15.9 Å². The summed E-state index contributed by atoms with van der Waals surface area (Å²) in [6.45, 7) is 4.05. The second-order valence-electron chi connectivity index (χ2n) is 4.75. The van der Waals surface area contributed by atoms with E-state index in [1.54, 1.807) is 7.11 Å². The number of ether oxygens (including phenoxy) is 1. The number of hydrogen-bond donors (Lipinski definition) is 1. The van der Waals surface area contributed by atoms with E-state index in [-0.39, 0.29) is 0 Å². The Balaban J connectivity index is 2.39. The number of rotatable bonds is 2. The van der Waals surface area contributed by atoms with Crippen LogP contribution < -0.4 is 10.5 Å². The number of aromatic nitrogens is 4. The van der Waals surface area contributed by atoms with Crippen LogP contribution in [0.15, 0.2) is 22.9 Å². The van der Waals surface area contributed by atoms with Gasteiger partial charge in [-0.15, -0.1) is 0 Å². The lowest BCUT2D eigenvalue weighted by Crippen LogP contribution is -2.05. The van der Waals surface area contributed by atoms with Crippen molar-refractivity contribution in [1.29, 1.82) is 0 Å². The topological polar surface area (TPSA) is 78.8 Å². The zero-order valence-corrected chi connectivity index (χ0v) is 13.5. The van der Waals surface area contributed by atoms with Gasteiger partial charge in [-0.3, -0.25) is 4.57 Å². The highest BCUT2D eigenvalue weighted by Gasteiger charge is 2.18. The number of imidazole rings is 1. The van der Waals surface area contributed by atoms with Crippen LogP contribution in [0.25, 0.3) is 16.9 Å². The molecule has 0 radical (unpaired) electrons. The van der Waals surface area contributed by atoms with E-state index in [4.69, 9.17) is 10.5 Å². The first kappa shape index (κ1) is 13.8. The minimum Gasteiger partial charge on any atom is -0.479 e. The number of hydrogen-bond acceptors (Lipinski definition) is 5. The molecule has 0 aliphatic carbocycles. The van der Waals surface area contributed by atoms with Gasteiger partial charge in [-0.05, 0) is 37.1 Å². The summed E-state index contributed by atoms with van der Waals surface area (Å²) < 4.78 is 8.08. The first-order valence-corrected chi connectivity index (χ1v) is 7.12. The molecular weight excluding hydrogens is 334 g/mol. The second kappa shape index (κ2) is 5.00. The zero-order chi connectivity index (χ0) is 15.1.